The summed E-state index contributed by atoms with van der Waals surface area (Å²) in [5.74, 6) is 6.24. The molecule has 20 heavy (non-hydrogen) atoms. The fourth-order valence-electron chi connectivity index (χ4n) is 1.92. The molecule has 112 valence electrons. The molecule has 0 amide bonds. The lowest BCUT2D eigenvalue weighted by atomic mass is 10.1. The van der Waals surface area contributed by atoms with Crippen molar-refractivity contribution in [1.29, 1.82) is 0 Å². The quantitative estimate of drug-likeness (QED) is 0.446. The van der Waals surface area contributed by atoms with Crippen molar-refractivity contribution >= 4 is 17.5 Å². The highest BCUT2D eigenvalue weighted by Crippen LogP contribution is 2.30. The van der Waals surface area contributed by atoms with Crippen molar-refractivity contribution in [2.75, 3.05) is 23.4 Å². The van der Waals surface area contributed by atoms with Gasteiger partial charge in [0.05, 0.1) is 4.92 Å². The number of hydrazine groups is 1. The lowest BCUT2D eigenvalue weighted by Crippen LogP contribution is -2.30. The van der Waals surface area contributed by atoms with Gasteiger partial charge in [-0.15, -0.1) is 0 Å². The predicted molar refractivity (Wildman–Crippen MR) is 78.6 cm³/mol. The second-order valence-corrected chi connectivity index (χ2v) is 4.76. The summed E-state index contributed by atoms with van der Waals surface area (Å²) in [6, 6.07) is 0. The summed E-state index contributed by atoms with van der Waals surface area (Å²) in [4.78, 5) is 20.9. The van der Waals surface area contributed by atoms with Crippen molar-refractivity contribution in [3.8, 4) is 0 Å². The standard InChI is InChI=1S/C12H22N6O2/c1-5-8(3)7-17(6-2)11-10(18(19)20)9(4)14-12(15-11)16-13/h8H,5-7,13H2,1-4H3,(H,14,15,16). The topological polar surface area (TPSA) is 110 Å². The Bertz CT molecular complexity index is 479. The van der Waals surface area contributed by atoms with Crippen LogP contribution in [-0.4, -0.2) is 28.0 Å². The average Bonchev–Trinajstić information content (AvgIpc) is 2.42. The van der Waals surface area contributed by atoms with E-state index in [4.69, 9.17) is 5.84 Å². The van der Waals surface area contributed by atoms with E-state index in [0.29, 0.717) is 30.5 Å². The molecular formula is C12H22N6O2. The number of nitrogen functional groups attached to an aromatic ring is 1. The van der Waals surface area contributed by atoms with Crippen molar-refractivity contribution in [3.05, 3.63) is 15.8 Å². The van der Waals surface area contributed by atoms with Gasteiger partial charge in [0.1, 0.15) is 5.69 Å². The maximum Gasteiger partial charge on any atom is 0.332 e. The highest BCUT2D eigenvalue weighted by molar-refractivity contribution is 5.62. The van der Waals surface area contributed by atoms with Crippen LogP contribution in [0.25, 0.3) is 0 Å². The Morgan fingerprint density at radius 3 is 2.55 bits per heavy atom. The zero-order valence-corrected chi connectivity index (χ0v) is 12.4. The number of rotatable bonds is 7. The molecule has 1 rings (SSSR count). The number of nitrogens with two attached hydrogens (primary N) is 1. The molecule has 0 fully saturated rings. The minimum atomic E-state index is -0.440. The number of nitro groups is 1. The molecule has 1 atom stereocenters. The van der Waals surface area contributed by atoms with Gasteiger partial charge in [-0.25, -0.2) is 10.8 Å². The largest absolute Gasteiger partial charge is 0.351 e. The molecule has 1 aromatic rings. The van der Waals surface area contributed by atoms with E-state index in [1.165, 1.54) is 0 Å². The summed E-state index contributed by atoms with van der Waals surface area (Å²) in [7, 11) is 0. The predicted octanol–water partition coefficient (Wildman–Crippen LogP) is 1.85. The molecular weight excluding hydrogens is 260 g/mol. The fraction of sp³-hybridized carbons (Fsp3) is 0.667. The second kappa shape index (κ2) is 6.99. The summed E-state index contributed by atoms with van der Waals surface area (Å²) in [5, 5.41) is 11.3. The molecule has 0 saturated heterocycles. The number of aromatic nitrogens is 2. The molecule has 1 unspecified atom stereocenters. The van der Waals surface area contributed by atoms with Crippen LogP contribution in [0.1, 0.15) is 32.9 Å². The van der Waals surface area contributed by atoms with Crippen LogP contribution in [0.4, 0.5) is 17.5 Å². The van der Waals surface area contributed by atoms with E-state index in [-0.39, 0.29) is 11.6 Å². The summed E-state index contributed by atoms with van der Waals surface area (Å²) in [6.45, 7) is 9.05. The van der Waals surface area contributed by atoms with Crippen LogP contribution < -0.4 is 16.2 Å². The number of aryl methyl sites for hydroxylation is 1. The van der Waals surface area contributed by atoms with E-state index >= 15 is 0 Å². The van der Waals surface area contributed by atoms with Crippen LogP contribution in [0, 0.1) is 23.0 Å². The van der Waals surface area contributed by atoms with Crippen LogP contribution in [0.2, 0.25) is 0 Å². The number of hydrogen-bond acceptors (Lipinski definition) is 7. The fourth-order valence-corrected chi connectivity index (χ4v) is 1.92. The van der Waals surface area contributed by atoms with Gasteiger partial charge in [0.25, 0.3) is 0 Å². The lowest BCUT2D eigenvalue weighted by Gasteiger charge is -2.25. The highest BCUT2D eigenvalue weighted by atomic mass is 16.6. The zero-order valence-electron chi connectivity index (χ0n) is 12.4. The third kappa shape index (κ3) is 3.53. The summed E-state index contributed by atoms with van der Waals surface area (Å²) in [5.41, 5.74) is 2.59. The highest BCUT2D eigenvalue weighted by Gasteiger charge is 2.26. The first-order valence-electron chi connectivity index (χ1n) is 6.69. The average molecular weight is 282 g/mol. The molecule has 0 spiro atoms. The third-order valence-corrected chi connectivity index (χ3v) is 3.26. The van der Waals surface area contributed by atoms with Crippen molar-refractivity contribution in [1.82, 2.24) is 9.97 Å². The van der Waals surface area contributed by atoms with Crippen LogP contribution in [0.5, 0.6) is 0 Å². The molecule has 0 aromatic carbocycles. The molecule has 3 N–H and O–H groups in total. The molecule has 8 heteroatoms. The Kier molecular flexibility index (Phi) is 5.63. The second-order valence-electron chi connectivity index (χ2n) is 4.76. The van der Waals surface area contributed by atoms with E-state index in [1.807, 2.05) is 11.8 Å². The van der Waals surface area contributed by atoms with Crippen molar-refractivity contribution in [2.24, 2.45) is 11.8 Å². The first-order valence-corrected chi connectivity index (χ1v) is 6.69. The van der Waals surface area contributed by atoms with Gasteiger partial charge in [0, 0.05) is 13.1 Å². The van der Waals surface area contributed by atoms with E-state index in [0.717, 1.165) is 6.42 Å². The lowest BCUT2D eigenvalue weighted by molar-refractivity contribution is -0.385. The maximum absolute atomic E-state index is 11.3. The first kappa shape index (κ1) is 16.1. The molecule has 0 bridgehead atoms. The van der Waals surface area contributed by atoms with Crippen LogP contribution >= 0.6 is 0 Å². The molecule has 0 aliphatic heterocycles. The Balaban J connectivity index is 3.30. The minimum Gasteiger partial charge on any atom is -0.351 e. The number of nitrogens with zero attached hydrogens (tertiary/aromatic N) is 4. The molecule has 0 aliphatic rings. The first-order chi connectivity index (χ1) is 9.44. The smallest absolute Gasteiger partial charge is 0.332 e. The van der Waals surface area contributed by atoms with Crippen LogP contribution in [0.3, 0.4) is 0 Å². The van der Waals surface area contributed by atoms with Gasteiger partial charge in [0.15, 0.2) is 0 Å². The van der Waals surface area contributed by atoms with Crippen LogP contribution in [0.15, 0.2) is 0 Å². The Morgan fingerprint density at radius 2 is 2.10 bits per heavy atom. The molecule has 0 saturated carbocycles. The SMILES string of the molecule is CCC(C)CN(CC)c1nc(NN)nc(C)c1[N+](=O)[O-]. The van der Waals surface area contributed by atoms with Gasteiger partial charge >= 0.3 is 5.69 Å². The van der Waals surface area contributed by atoms with E-state index in [9.17, 15) is 10.1 Å². The van der Waals surface area contributed by atoms with Gasteiger partial charge in [0.2, 0.25) is 11.8 Å². The van der Waals surface area contributed by atoms with Crippen molar-refractivity contribution in [2.45, 2.75) is 34.1 Å². The molecule has 0 radical (unpaired) electrons. The Hall–Kier alpha value is -1.96. The van der Waals surface area contributed by atoms with Gasteiger partial charge < -0.3 is 4.90 Å². The molecule has 1 heterocycles. The van der Waals surface area contributed by atoms with Crippen molar-refractivity contribution < 1.29 is 4.92 Å². The monoisotopic (exact) mass is 282 g/mol. The number of hydrogen-bond donors (Lipinski definition) is 2. The van der Waals surface area contributed by atoms with Gasteiger partial charge in [-0.3, -0.25) is 15.5 Å². The van der Waals surface area contributed by atoms with Gasteiger partial charge in [-0.1, -0.05) is 20.3 Å². The molecule has 1 aromatic heterocycles. The molecule has 8 nitrogen and oxygen atoms in total. The summed E-state index contributed by atoms with van der Waals surface area (Å²) < 4.78 is 0. The molecule has 0 aliphatic carbocycles. The summed E-state index contributed by atoms with van der Waals surface area (Å²) >= 11 is 0. The van der Waals surface area contributed by atoms with E-state index < -0.39 is 4.92 Å². The Labute approximate surface area is 118 Å². The van der Waals surface area contributed by atoms with Gasteiger partial charge in [-0.2, -0.15) is 4.98 Å². The van der Waals surface area contributed by atoms with E-state index in [1.54, 1.807) is 6.92 Å². The normalized spacial score (nSPS) is 12.1. The zero-order chi connectivity index (χ0) is 15.3. The van der Waals surface area contributed by atoms with E-state index in [2.05, 4.69) is 29.2 Å². The Morgan fingerprint density at radius 1 is 1.45 bits per heavy atom. The van der Waals surface area contributed by atoms with Gasteiger partial charge in [-0.05, 0) is 19.8 Å². The number of anilines is 2. The van der Waals surface area contributed by atoms with Crippen LogP contribution in [-0.2, 0) is 0 Å². The summed E-state index contributed by atoms with van der Waals surface area (Å²) in [6.07, 6.45) is 0.996. The number of nitrogens with one attached hydrogen (secondary N) is 1. The third-order valence-electron chi connectivity index (χ3n) is 3.26. The maximum atomic E-state index is 11.3. The van der Waals surface area contributed by atoms with Crippen molar-refractivity contribution in [3.63, 3.8) is 0 Å². The minimum absolute atomic E-state index is 0.0610.